The van der Waals surface area contributed by atoms with Gasteiger partial charge in [-0.25, -0.2) is 0 Å². The van der Waals surface area contributed by atoms with Gasteiger partial charge in [-0.15, -0.1) is 0 Å². The van der Waals surface area contributed by atoms with Gasteiger partial charge in [-0.05, 0) is 17.5 Å². The van der Waals surface area contributed by atoms with Crippen molar-refractivity contribution in [3.8, 4) is 17.1 Å². The van der Waals surface area contributed by atoms with Gasteiger partial charge in [-0.1, -0.05) is 38.1 Å². The molecule has 0 radical (unpaired) electrons. The average Bonchev–Trinajstić information content (AvgIpc) is 2.75. The zero-order valence-electron chi connectivity index (χ0n) is 10.7. The Bertz CT molecular complexity index is 543. The highest BCUT2D eigenvalue weighted by Crippen LogP contribution is 2.30. The number of aromatic hydroxyl groups is 1. The van der Waals surface area contributed by atoms with Crippen LogP contribution in [0.25, 0.3) is 11.4 Å². The van der Waals surface area contributed by atoms with E-state index in [1.807, 2.05) is 20.8 Å². The molecule has 0 aliphatic rings. The number of aromatic nitrogens is 2. The highest BCUT2D eigenvalue weighted by molar-refractivity contribution is 5.56. The summed E-state index contributed by atoms with van der Waals surface area (Å²) in [6.45, 7) is 6.03. The summed E-state index contributed by atoms with van der Waals surface area (Å²) in [5.74, 6) is 1.00. The zero-order chi connectivity index (χ0) is 13.3. The summed E-state index contributed by atoms with van der Waals surface area (Å²) in [7, 11) is 0. The topological polar surface area (TPSA) is 85.2 Å². The molecule has 0 amide bonds. The molecule has 3 N–H and O–H groups in total. The van der Waals surface area contributed by atoms with Crippen molar-refractivity contribution in [1.29, 1.82) is 0 Å². The molecule has 5 heteroatoms. The van der Waals surface area contributed by atoms with Gasteiger partial charge in [0.2, 0.25) is 11.7 Å². The molecule has 0 saturated carbocycles. The third-order valence-corrected chi connectivity index (χ3v) is 2.75. The Balaban J connectivity index is 2.31. The second-order valence-electron chi connectivity index (χ2n) is 5.35. The van der Waals surface area contributed by atoms with Crippen LogP contribution in [0.15, 0.2) is 28.8 Å². The molecule has 0 saturated heterocycles. The Hall–Kier alpha value is -1.88. The lowest BCUT2D eigenvalue weighted by Crippen LogP contribution is -2.26. The van der Waals surface area contributed by atoms with Crippen molar-refractivity contribution >= 4 is 0 Å². The van der Waals surface area contributed by atoms with E-state index < -0.39 is 0 Å². The van der Waals surface area contributed by atoms with E-state index in [2.05, 4.69) is 10.1 Å². The van der Waals surface area contributed by atoms with Crippen LogP contribution in [0, 0.1) is 5.41 Å². The van der Waals surface area contributed by atoms with Crippen LogP contribution in [-0.2, 0) is 0 Å². The molecule has 96 valence electrons. The van der Waals surface area contributed by atoms with Crippen molar-refractivity contribution in [2.75, 3.05) is 0 Å². The Kier molecular flexibility index (Phi) is 3.09. The lowest BCUT2D eigenvalue weighted by molar-refractivity contribution is 0.253. The number of rotatable bonds is 2. The van der Waals surface area contributed by atoms with E-state index in [1.165, 1.54) is 0 Å². The van der Waals surface area contributed by atoms with E-state index in [0.29, 0.717) is 17.3 Å². The van der Waals surface area contributed by atoms with Crippen LogP contribution in [-0.4, -0.2) is 15.2 Å². The summed E-state index contributed by atoms with van der Waals surface area (Å²) >= 11 is 0. The zero-order valence-corrected chi connectivity index (χ0v) is 10.7. The molecule has 0 bridgehead atoms. The van der Waals surface area contributed by atoms with Crippen LogP contribution < -0.4 is 5.73 Å². The number of hydrogen-bond donors (Lipinski definition) is 2. The summed E-state index contributed by atoms with van der Waals surface area (Å²) in [4.78, 5) is 4.27. The first-order chi connectivity index (χ1) is 8.38. The molecule has 1 heterocycles. The van der Waals surface area contributed by atoms with E-state index >= 15 is 0 Å². The number of nitrogens with zero attached hydrogens (tertiary/aromatic N) is 2. The molecule has 1 atom stereocenters. The first-order valence-electron chi connectivity index (χ1n) is 5.76. The third-order valence-electron chi connectivity index (χ3n) is 2.75. The van der Waals surface area contributed by atoms with E-state index in [0.717, 1.165) is 0 Å². The first-order valence-corrected chi connectivity index (χ1v) is 5.76. The van der Waals surface area contributed by atoms with E-state index in [1.54, 1.807) is 24.3 Å². The number of phenolic OH excluding ortho intramolecular Hbond substituents is 1. The molecule has 1 aromatic heterocycles. The highest BCUT2D eigenvalue weighted by Gasteiger charge is 2.27. The van der Waals surface area contributed by atoms with Crippen LogP contribution >= 0.6 is 0 Å². The molecule has 0 fully saturated rings. The predicted octanol–water partition coefficient (Wildman–Crippen LogP) is 2.49. The van der Waals surface area contributed by atoms with Gasteiger partial charge < -0.3 is 15.4 Å². The molecular formula is C13H17N3O2. The first kappa shape index (κ1) is 12.6. The fourth-order valence-corrected chi connectivity index (χ4v) is 1.49. The Labute approximate surface area is 106 Å². The van der Waals surface area contributed by atoms with Gasteiger partial charge in [0.15, 0.2) is 0 Å². The second-order valence-corrected chi connectivity index (χ2v) is 5.35. The van der Waals surface area contributed by atoms with Crippen molar-refractivity contribution in [3.63, 3.8) is 0 Å². The fraction of sp³-hybridized carbons (Fsp3) is 0.385. The molecule has 2 rings (SSSR count). The van der Waals surface area contributed by atoms with Gasteiger partial charge in [0.1, 0.15) is 5.75 Å². The van der Waals surface area contributed by atoms with Crippen molar-refractivity contribution < 1.29 is 9.63 Å². The Morgan fingerprint density at radius 2 is 2.06 bits per heavy atom. The van der Waals surface area contributed by atoms with Crippen molar-refractivity contribution in [3.05, 3.63) is 30.2 Å². The minimum atomic E-state index is -0.323. The monoisotopic (exact) mass is 247 g/mol. The predicted molar refractivity (Wildman–Crippen MR) is 67.8 cm³/mol. The van der Waals surface area contributed by atoms with Crippen LogP contribution in [0.2, 0.25) is 0 Å². The van der Waals surface area contributed by atoms with Crippen LogP contribution in [0.3, 0.4) is 0 Å². The molecule has 5 nitrogen and oxygen atoms in total. The van der Waals surface area contributed by atoms with Gasteiger partial charge in [0.25, 0.3) is 0 Å². The lowest BCUT2D eigenvalue weighted by Gasteiger charge is -2.23. The summed E-state index contributed by atoms with van der Waals surface area (Å²) in [6.07, 6.45) is 0. The Morgan fingerprint density at radius 3 is 2.67 bits per heavy atom. The Morgan fingerprint density at radius 1 is 1.33 bits per heavy atom. The molecule has 1 aromatic carbocycles. The largest absolute Gasteiger partial charge is 0.508 e. The van der Waals surface area contributed by atoms with E-state index in [-0.39, 0.29) is 17.2 Å². The summed E-state index contributed by atoms with van der Waals surface area (Å²) in [5, 5.41) is 13.3. The molecule has 0 spiro atoms. The molecule has 0 aliphatic heterocycles. The molecule has 0 unspecified atom stereocenters. The van der Waals surface area contributed by atoms with Gasteiger partial charge in [0.05, 0.1) is 6.04 Å². The van der Waals surface area contributed by atoms with Gasteiger partial charge >= 0.3 is 0 Å². The number of phenols is 1. The van der Waals surface area contributed by atoms with Gasteiger partial charge in [-0.2, -0.15) is 4.98 Å². The molecular weight excluding hydrogens is 230 g/mol. The number of benzene rings is 1. The van der Waals surface area contributed by atoms with E-state index in [4.69, 9.17) is 10.3 Å². The smallest absolute Gasteiger partial charge is 0.244 e. The van der Waals surface area contributed by atoms with Gasteiger partial charge in [0, 0.05) is 5.56 Å². The maximum Gasteiger partial charge on any atom is 0.244 e. The molecule has 18 heavy (non-hydrogen) atoms. The van der Waals surface area contributed by atoms with Crippen LogP contribution in [0.4, 0.5) is 0 Å². The average molecular weight is 247 g/mol. The molecule has 0 aliphatic carbocycles. The standard InChI is InChI=1S/C13H17N3O2/c1-13(2,3)10(14)12-15-11(16-18-12)8-5-4-6-9(17)7-8/h4-7,10,17H,14H2,1-3H3/t10-/m1/s1. The molecule has 2 aromatic rings. The van der Waals surface area contributed by atoms with Crippen molar-refractivity contribution in [2.24, 2.45) is 11.1 Å². The quantitative estimate of drug-likeness (QED) is 0.851. The summed E-state index contributed by atoms with van der Waals surface area (Å²) in [6, 6.07) is 6.38. The SMILES string of the molecule is CC(C)(C)[C@H](N)c1nc(-c2cccc(O)c2)no1. The van der Waals surface area contributed by atoms with Gasteiger partial charge in [-0.3, -0.25) is 0 Å². The minimum Gasteiger partial charge on any atom is -0.508 e. The summed E-state index contributed by atoms with van der Waals surface area (Å²) < 4.78 is 5.18. The maximum absolute atomic E-state index is 9.41. The van der Waals surface area contributed by atoms with E-state index in [9.17, 15) is 5.11 Å². The van der Waals surface area contributed by atoms with Crippen molar-refractivity contribution in [2.45, 2.75) is 26.8 Å². The van der Waals surface area contributed by atoms with Crippen LogP contribution in [0.5, 0.6) is 5.75 Å². The fourth-order valence-electron chi connectivity index (χ4n) is 1.49. The minimum absolute atomic E-state index is 0.150. The number of hydrogen-bond acceptors (Lipinski definition) is 5. The maximum atomic E-state index is 9.41. The van der Waals surface area contributed by atoms with Crippen LogP contribution in [0.1, 0.15) is 32.7 Å². The summed E-state index contributed by atoms with van der Waals surface area (Å²) in [5.41, 5.74) is 6.60. The lowest BCUT2D eigenvalue weighted by atomic mass is 9.87. The normalized spacial score (nSPS) is 13.6. The van der Waals surface area contributed by atoms with Crippen molar-refractivity contribution in [1.82, 2.24) is 10.1 Å². The third kappa shape index (κ3) is 2.51. The highest BCUT2D eigenvalue weighted by atomic mass is 16.5. The number of nitrogens with two attached hydrogens (primary N) is 1. The second kappa shape index (κ2) is 4.42.